The van der Waals surface area contributed by atoms with E-state index in [0.29, 0.717) is 28.8 Å². The van der Waals surface area contributed by atoms with E-state index >= 15 is 0 Å². The largest absolute Gasteiger partial charge is 0.337 e. The van der Waals surface area contributed by atoms with Crippen molar-refractivity contribution in [1.29, 1.82) is 0 Å². The molecule has 0 fully saturated rings. The summed E-state index contributed by atoms with van der Waals surface area (Å²) in [5, 5.41) is 4.66. The molecule has 0 unspecified atom stereocenters. The van der Waals surface area contributed by atoms with Crippen LogP contribution in [0.4, 0.5) is 0 Å². The molecular weight excluding hydrogens is 356 g/mol. The molecule has 0 spiro atoms. The quantitative estimate of drug-likeness (QED) is 0.531. The Morgan fingerprint density at radius 1 is 1.04 bits per heavy atom. The summed E-state index contributed by atoms with van der Waals surface area (Å²) < 4.78 is 6.61. The Labute approximate surface area is 152 Å². The third kappa shape index (κ3) is 3.45. The van der Waals surface area contributed by atoms with Crippen LogP contribution < -0.4 is 5.56 Å². The molecule has 0 saturated heterocycles. The Hall–Kier alpha value is -3.13. The van der Waals surface area contributed by atoms with Crippen LogP contribution in [-0.2, 0) is 19.4 Å². The van der Waals surface area contributed by atoms with Crippen LogP contribution in [0.1, 0.15) is 17.3 Å². The smallest absolute Gasteiger partial charge is 0.281 e. The summed E-state index contributed by atoms with van der Waals surface area (Å²) in [6, 6.07) is 7.62. The molecule has 0 aliphatic rings. The first-order valence-corrected chi connectivity index (χ1v) is 8.29. The Morgan fingerprint density at radius 3 is 2.69 bits per heavy atom. The monoisotopic (exact) mass is 368 g/mol. The van der Waals surface area contributed by atoms with E-state index in [1.165, 1.54) is 23.3 Å². The van der Waals surface area contributed by atoms with Gasteiger partial charge < -0.3 is 4.52 Å². The molecule has 0 radical (unpaired) electrons. The van der Waals surface area contributed by atoms with Crippen molar-refractivity contribution >= 4 is 22.8 Å². The van der Waals surface area contributed by atoms with Crippen molar-refractivity contribution in [3.05, 3.63) is 75.6 Å². The van der Waals surface area contributed by atoms with Crippen LogP contribution in [0, 0.1) is 0 Å². The number of hydrogen-bond acceptors (Lipinski definition) is 7. The highest BCUT2D eigenvalue weighted by molar-refractivity contribution is 6.30. The summed E-state index contributed by atoms with van der Waals surface area (Å²) in [4.78, 5) is 28.9. The van der Waals surface area contributed by atoms with Gasteiger partial charge in [0.15, 0.2) is 17.0 Å². The summed E-state index contributed by atoms with van der Waals surface area (Å²) in [5.74, 6) is 0.916. The Balaban J connectivity index is 1.47. The number of hydrogen-bond donors (Lipinski definition) is 0. The van der Waals surface area contributed by atoms with Crippen molar-refractivity contribution in [2.45, 2.75) is 19.4 Å². The topological polar surface area (TPSA) is 99.6 Å². The van der Waals surface area contributed by atoms with Crippen LogP contribution in [0.25, 0.3) is 11.2 Å². The van der Waals surface area contributed by atoms with Gasteiger partial charge in [-0.3, -0.25) is 9.36 Å². The molecule has 0 saturated carbocycles. The highest BCUT2D eigenvalue weighted by Crippen LogP contribution is 2.11. The normalized spacial score (nSPS) is 11.1. The average Bonchev–Trinajstić information content (AvgIpc) is 3.11. The second-order valence-corrected chi connectivity index (χ2v) is 6.07. The fraction of sp³-hybridized carbons (Fsp3) is 0.176. The predicted molar refractivity (Wildman–Crippen MR) is 93.9 cm³/mol. The lowest BCUT2D eigenvalue weighted by atomic mass is 10.1. The minimum absolute atomic E-state index is 0.131. The van der Waals surface area contributed by atoms with Gasteiger partial charge in [0.25, 0.3) is 5.56 Å². The van der Waals surface area contributed by atoms with Crippen molar-refractivity contribution in [2.75, 3.05) is 0 Å². The maximum atomic E-state index is 12.4. The van der Waals surface area contributed by atoms with E-state index < -0.39 is 0 Å². The molecule has 0 aliphatic carbocycles. The zero-order valence-electron chi connectivity index (χ0n) is 13.5. The molecule has 1 aromatic carbocycles. The van der Waals surface area contributed by atoms with Gasteiger partial charge in [-0.2, -0.15) is 4.98 Å². The van der Waals surface area contributed by atoms with Gasteiger partial charge in [0, 0.05) is 23.8 Å². The molecule has 8 nitrogen and oxygen atoms in total. The van der Waals surface area contributed by atoms with E-state index in [4.69, 9.17) is 16.1 Å². The fourth-order valence-corrected chi connectivity index (χ4v) is 2.64. The molecular formula is C17H13ClN6O2. The minimum atomic E-state index is -0.302. The van der Waals surface area contributed by atoms with E-state index in [2.05, 4.69) is 25.1 Å². The highest BCUT2D eigenvalue weighted by atomic mass is 35.5. The number of nitrogens with zero attached hydrogens (tertiary/aromatic N) is 6. The second-order valence-electron chi connectivity index (χ2n) is 5.64. The Bertz CT molecular complexity index is 1110. The van der Waals surface area contributed by atoms with Crippen LogP contribution in [0.3, 0.4) is 0 Å². The average molecular weight is 369 g/mol. The van der Waals surface area contributed by atoms with Crippen LogP contribution in [0.15, 0.2) is 52.3 Å². The molecule has 9 heteroatoms. The van der Waals surface area contributed by atoms with Gasteiger partial charge in [-0.15, -0.1) is 0 Å². The van der Waals surface area contributed by atoms with Gasteiger partial charge >= 0.3 is 0 Å². The van der Waals surface area contributed by atoms with Gasteiger partial charge in [0.05, 0.1) is 0 Å². The number of rotatable bonds is 5. The molecule has 0 amide bonds. The summed E-state index contributed by atoms with van der Waals surface area (Å²) in [5.41, 5.74) is 1.35. The van der Waals surface area contributed by atoms with Crippen molar-refractivity contribution in [3.63, 3.8) is 0 Å². The first kappa shape index (κ1) is 16.3. The van der Waals surface area contributed by atoms with E-state index in [0.717, 1.165) is 12.0 Å². The third-order valence-corrected chi connectivity index (χ3v) is 4.08. The van der Waals surface area contributed by atoms with Gasteiger partial charge in [0.1, 0.15) is 12.9 Å². The molecule has 3 heterocycles. The number of fused-ring (bicyclic) bond motifs is 1. The zero-order valence-corrected chi connectivity index (χ0v) is 14.3. The minimum Gasteiger partial charge on any atom is -0.337 e. The van der Waals surface area contributed by atoms with E-state index in [9.17, 15) is 4.79 Å². The first-order chi connectivity index (χ1) is 12.7. The van der Waals surface area contributed by atoms with Crippen LogP contribution in [0.2, 0.25) is 5.02 Å². The molecule has 0 bridgehead atoms. The van der Waals surface area contributed by atoms with Gasteiger partial charge in [-0.1, -0.05) is 28.9 Å². The van der Waals surface area contributed by atoms with Crippen LogP contribution in [0.5, 0.6) is 0 Å². The van der Waals surface area contributed by atoms with E-state index in [1.807, 2.05) is 24.3 Å². The van der Waals surface area contributed by atoms with Crippen LogP contribution >= 0.6 is 11.6 Å². The SMILES string of the molecule is O=c1c2nccnc2ncn1Cc1nc(CCc2ccc(Cl)cc2)no1. The number of aromatic nitrogens is 6. The summed E-state index contributed by atoms with van der Waals surface area (Å²) >= 11 is 5.88. The third-order valence-electron chi connectivity index (χ3n) is 3.83. The van der Waals surface area contributed by atoms with Crippen molar-refractivity contribution in [1.82, 2.24) is 29.7 Å². The Kier molecular flexibility index (Phi) is 4.40. The molecule has 130 valence electrons. The van der Waals surface area contributed by atoms with E-state index in [1.54, 1.807) is 0 Å². The summed E-state index contributed by atoms with van der Waals surface area (Å²) in [6.07, 6.45) is 5.74. The van der Waals surface area contributed by atoms with Crippen molar-refractivity contribution < 1.29 is 4.52 Å². The molecule has 4 aromatic rings. The molecule has 0 N–H and O–H groups in total. The number of aryl methyl sites for hydroxylation is 2. The second kappa shape index (κ2) is 7.01. The number of benzene rings is 1. The summed E-state index contributed by atoms with van der Waals surface area (Å²) in [7, 11) is 0. The lowest BCUT2D eigenvalue weighted by Gasteiger charge is -2.01. The maximum Gasteiger partial charge on any atom is 0.281 e. The predicted octanol–water partition coefficient (Wildman–Crippen LogP) is 2.06. The molecule has 26 heavy (non-hydrogen) atoms. The van der Waals surface area contributed by atoms with Gasteiger partial charge in [-0.25, -0.2) is 15.0 Å². The number of halogens is 1. The lowest BCUT2D eigenvalue weighted by molar-refractivity contribution is 0.364. The van der Waals surface area contributed by atoms with Crippen molar-refractivity contribution in [3.8, 4) is 0 Å². The molecule has 4 rings (SSSR count). The van der Waals surface area contributed by atoms with Crippen molar-refractivity contribution in [2.24, 2.45) is 0 Å². The lowest BCUT2D eigenvalue weighted by Crippen LogP contribution is -2.22. The Morgan fingerprint density at radius 2 is 1.85 bits per heavy atom. The molecule has 3 aromatic heterocycles. The molecule has 0 aliphatic heterocycles. The van der Waals surface area contributed by atoms with Gasteiger partial charge in [-0.05, 0) is 24.1 Å². The van der Waals surface area contributed by atoms with Gasteiger partial charge in [0.2, 0.25) is 5.89 Å². The highest BCUT2D eigenvalue weighted by Gasteiger charge is 2.11. The zero-order chi connectivity index (χ0) is 17.9. The molecule has 0 atom stereocenters. The standard InChI is InChI=1S/C17H13ClN6O2/c18-12-4-1-11(2-5-12)3-6-13-22-14(26-23-13)9-24-10-21-16-15(17(24)25)19-7-8-20-16/h1-2,4-5,7-8,10H,3,6,9H2. The maximum absolute atomic E-state index is 12.4. The fourth-order valence-electron chi connectivity index (χ4n) is 2.51. The first-order valence-electron chi connectivity index (χ1n) is 7.91. The van der Waals surface area contributed by atoms with Crippen LogP contribution in [-0.4, -0.2) is 29.7 Å². The summed E-state index contributed by atoms with van der Waals surface area (Å²) in [6.45, 7) is 0.131. The van der Waals surface area contributed by atoms with E-state index in [-0.39, 0.29) is 17.6 Å².